The van der Waals surface area contributed by atoms with Gasteiger partial charge in [-0.05, 0) is 37.4 Å². The molecule has 0 aliphatic heterocycles. The predicted octanol–water partition coefficient (Wildman–Crippen LogP) is 4.38. The number of hydrogen-bond acceptors (Lipinski definition) is 2. The third-order valence-electron chi connectivity index (χ3n) is 2.57. The van der Waals surface area contributed by atoms with Crippen LogP contribution < -0.4 is 10.1 Å². The van der Waals surface area contributed by atoms with Crippen molar-refractivity contribution in [3.8, 4) is 11.5 Å². The van der Waals surface area contributed by atoms with Crippen LogP contribution in [-0.2, 0) is 6.54 Å². The summed E-state index contributed by atoms with van der Waals surface area (Å²) < 4.78 is 45.9. The van der Waals surface area contributed by atoms with Gasteiger partial charge in [-0.25, -0.2) is 8.78 Å². The summed E-state index contributed by atoms with van der Waals surface area (Å²) in [6, 6.07) is 6.16. The van der Waals surface area contributed by atoms with Crippen LogP contribution in [0, 0.1) is 17.5 Å². The van der Waals surface area contributed by atoms with Gasteiger partial charge in [0.2, 0.25) is 5.82 Å². The van der Waals surface area contributed by atoms with Gasteiger partial charge in [0.05, 0.1) is 0 Å². The van der Waals surface area contributed by atoms with E-state index in [2.05, 4.69) is 21.2 Å². The van der Waals surface area contributed by atoms with Gasteiger partial charge in [0.25, 0.3) is 0 Å². The molecule has 0 heterocycles. The van der Waals surface area contributed by atoms with Gasteiger partial charge in [0, 0.05) is 16.6 Å². The highest BCUT2D eigenvalue weighted by Crippen LogP contribution is 2.31. The lowest BCUT2D eigenvalue weighted by atomic mass is 10.2. The second-order valence-electron chi connectivity index (χ2n) is 4.08. The predicted molar refractivity (Wildman–Crippen MR) is 73.3 cm³/mol. The smallest absolute Gasteiger partial charge is 0.201 e. The zero-order valence-electron chi connectivity index (χ0n) is 10.5. The second kappa shape index (κ2) is 6.28. The number of benzene rings is 2. The standard InChI is InChI=1S/C14H11BrF3NO/c1-19-7-8-4-10(16)2-3-12(8)20-13-6-9(15)5-11(17)14(13)18/h2-6,19H,7H2,1H3. The normalized spacial score (nSPS) is 10.7. The molecule has 0 spiro atoms. The third-order valence-corrected chi connectivity index (χ3v) is 3.03. The first-order valence-electron chi connectivity index (χ1n) is 5.76. The molecule has 0 aliphatic carbocycles. The van der Waals surface area contributed by atoms with Gasteiger partial charge < -0.3 is 10.1 Å². The number of hydrogen-bond donors (Lipinski definition) is 1. The molecule has 2 aromatic rings. The topological polar surface area (TPSA) is 21.3 Å². The molecule has 0 unspecified atom stereocenters. The van der Waals surface area contributed by atoms with Crippen LogP contribution in [0.5, 0.6) is 11.5 Å². The van der Waals surface area contributed by atoms with Crippen molar-refractivity contribution < 1.29 is 17.9 Å². The summed E-state index contributed by atoms with van der Waals surface area (Å²) in [4.78, 5) is 0. The molecule has 2 rings (SSSR count). The number of ether oxygens (including phenoxy) is 1. The van der Waals surface area contributed by atoms with E-state index in [0.29, 0.717) is 16.6 Å². The fourth-order valence-corrected chi connectivity index (χ4v) is 2.11. The zero-order valence-corrected chi connectivity index (χ0v) is 12.1. The summed E-state index contributed by atoms with van der Waals surface area (Å²) in [7, 11) is 1.69. The zero-order chi connectivity index (χ0) is 14.7. The first-order valence-corrected chi connectivity index (χ1v) is 6.56. The van der Waals surface area contributed by atoms with Gasteiger partial charge in [-0.3, -0.25) is 0 Å². The highest BCUT2D eigenvalue weighted by atomic mass is 79.9. The Bertz CT molecular complexity index is 634. The van der Waals surface area contributed by atoms with Crippen molar-refractivity contribution in [2.24, 2.45) is 0 Å². The molecule has 0 aliphatic rings. The van der Waals surface area contributed by atoms with Crippen LogP contribution in [0.3, 0.4) is 0 Å². The molecule has 2 nitrogen and oxygen atoms in total. The Balaban J connectivity index is 2.39. The van der Waals surface area contributed by atoms with Crippen molar-refractivity contribution in [2.75, 3.05) is 7.05 Å². The average Bonchev–Trinajstić information content (AvgIpc) is 2.38. The van der Waals surface area contributed by atoms with Crippen molar-refractivity contribution >= 4 is 15.9 Å². The summed E-state index contributed by atoms with van der Waals surface area (Å²) in [5.74, 6) is -2.54. The molecule has 106 valence electrons. The summed E-state index contributed by atoms with van der Waals surface area (Å²) in [5.41, 5.74) is 0.507. The Morgan fingerprint density at radius 1 is 1.10 bits per heavy atom. The lowest BCUT2D eigenvalue weighted by Crippen LogP contribution is -2.07. The molecule has 0 atom stereocenters. The largest absolute Gasteiger partial charge is 0.454 e. The number of nitrogens with one attached hydrogen (secondary N) is 1. The molecule has 0 radical (unpaired) electrons. The van der Waals surface area contributed by atoms with Gasteiger partial charge in [-0.2, -0.15) is 4.39 Å². The molecule has 6 heteroatoms. The summed E-state index contributed by atoms with van der Waals surface area (Å²) in [6.45, 7) is 0.338. The molecular weight excluding hydrogens is 335 g/mol. The van der Waals surface area contributed by atoms with Crippen LogP contribution in [0.2, 0.25) is 0 Å². The summed E-state index contributed by atoms with van der Waals surface area (Å²) in [6.07, 6.45) is 0. The summed E-state index contributed by atoms with van der Waals surface area (Å²) >= 11 is 3.06. The number of rotatable bonds is 4. The van der Waals surface area contributed by atoms with Crippen molar-refractivity contribution in [1.29, 1.82) is 0 Å². The fraction of sp³-hybridized carbons (Fsp3) is 0.143. The van der Waals surface area contributed by atoms with Crippen molar-refractivity contribution in [1.82, 2.24) is 5.32 Å². The van der Waals surface area contributed by atoms with E-state index >= 15 is 0 Å². The maximum Gasteiger partial charge on any atom is 0.201 e. The van der Waals surface area contributed by atoms with Crippen molar-refractivity contribution in [3.63, 3.8) is 0 Å². The van der Waals surface area contributed by atoms with E-state index in [9.17, 15) is 13.2 Å². The van der Waals surface area contributed by atoms with Crippen LogP contribution >= 0.6 is 15.9 Å². The number of halogens is 4. The van der Waals surface area contributed by atoms with Crippen LogP contribution in [0.15, 0.2) is 34.8 Å². The van der Waals surface area contributed by atoms with E-state index in [4.69, 9.17) is 4.74 Å². The lowest BCUT2D eigenvalue weighted by molar-refractivity contribution is 0.410. The molecule has 0 aromatic heterocycles. The maximum absolute atomic E-state index is 13.7. The van der Waals surface area contributed by atoms with E-state index in [0.717, 1.165) is 6.07 Å². The molecule has 20 heavy (non-hydrogen) atoms. The monoisotopic (exact) mass is 345 g/mol. The highest BCUT2D eigenvalue weighted by Gasteiger charge is 2.14. The maximum atomic E-state index is 13.7. The summed E-state index contributed by atoms with van der Waals surface area (Å²) in [5, 5.41) is 2.85. The minimum absolute atomic E-state index is 0.261. The van der Waals surface area contributed by atoms with Crippen LogP contribution in [0.1, 0.15) is 5.56 Å². The van der Waals surface area contributed by atoms with Gasteiger partial charge in [0.15, 0.2) is 11.6 Å². The van der Waals surface area contributed by atoms with E-state index in [1.807, 2.05) is 0 Å². The molecule has 1 N–H and O–H groups in total. The Kier molecular flexibility index (Phi) is 4.67. The third kappa shape index (κ3) is 3.32. The quantitative estimate of drug-likeness (QED) is 0.830. The van der Waals surface area contributed by atoms with Gasteiger partial charge in [-0.15, -0.1) is 0 Å². The van der Waals surface area contributed by atoms with Crippen molar-refractivity contribution in [2.45, 2.75) is 6.54 Å². The van der Waals surface area contributed by atoms with E-state index < -0.39 is 17.5 Å². The Hall–Kier alpha value is -1.53. The molecule has 0 amide bonds. The minimum Gasteiger partial charge on any atom is -0.454 e. The van der Waals surface area contributed by atoms with E-state index in [1.54, 1.807) is 7.05 Å². The van der Waals surface area contributed by atoms with Crippen LogP contribution in [0.25, 0.3) is 0 Å². The SMILES string of the molecule is CNCc1cc(F)ccc1Oc1cc(Br)cc(F)c1F. The highest BCUT2D eigenvalue weighted by molar-refractivity contribution is 9.10. The Morgan fingerprint density at radius 2 is 1.85 bits per heavy atom. The second-order valence-corrected chi connectivity index (χ2v) is 5.00. The molecule has 2 aromatic carbocycles. The molecule has 0 saturated heterocycles. The Labute approximate surface area is 122 Å². The molecule has 0 saturated carbocycles. The van der Waals surface area contributed by atoms with Gasteiger partial charge >= 0.3 is 0 Å². The van der Waals surface area contributed by atoms with Crippen LogP contribution in [0.4, 0.5) is 13.2 Å². The van der Waals surface area contributed by atoms with E-state index in [-0.39, 0.29) is 11.5 Å². The molecule has 0 bridgehead atoms. The first kappa shape index (κ1) is 14.9. The molecule has 0 fully saturated rings. The first-order chi connectivity index (χ1) is 9.51. The minimum atomic E-state index is -1.09. The van der Waals surface area contributed by atoms with Crippen molar-refractivity contribution in [3.05, 3.63) is 57.8 Å². The molecular formula is C14H11BrF3NO. The van der Waals surface area contributed by atoms with Gasteiger partial charge in [0.1, 0.15) is 11.6 Å². The van der Waals surface area contributed by atoms with Crippen LogP contribution in [-0.4, -0.2) is 7.05 Å². The fourth-order valence-electron chi connectivity index (χ4n) is 1.70. The average molecular weight is 346 g/mol. The van der Waals surface area contributed by atoms with E-state index in [1.165, 1.54) is 24.3 Å². The Morgan fingerprint density at radius 3 is 2.55 bits per heavy atom. The lowest BCUT2D eigenvalue weighted by Gasteiger charge is -2.12. The van der Waals surface area contributed by atoms with Gasteiger partial charge in [-0.1, -0.05) is 15.9 Å².